The summed E-state index contributed by atoms with van der Waals surface area (Å²) in [6, 6.07) is 0. The molecular weight excluding hydrogens is 156 g/mol. The molecule has 3 nitrogen and oxygen atoms in total. The molecule has 0 aliphatic heterocycles. The Balaban J connectivity index is 3.82. The molecule has 0 spiro atoms. The van der Waals surface area contributed by atoms with Crippen LogP contribution in [0.3, 0.4) is 0 Å². The molecule has 0 rings (SSSR count). The first-order valence-electron chi connectivity index (χ1n) is 3.69. The molecule has 0 aromatic heterocycles. The number of aliphatic hydroxyl groups excluding tert-OH is 1. The minimum Gasteiger partial charge on any atom is -0.461 e. The molecular formula is C9H14O3. The first-order chi connectivity index (χ1) is 5.38. The number of carbonyl (C=O) groups is 1. The van der Waals surface area contributed by atoms with E-state index in [0.29, 0.717) is 0 Å². The lowest BCUT2D eigenvalue weighted by Crippen LogP contribution is -2.26. The van der Waals surface area contributed by atoms with E-state index in [0.717, 1.165) is 0 Å². The molecule has 1 atom stereocenters. The van der Waals surface area contributed by atoms with E-state index in [2.05, 4.69) is 5.92 Å². The van der Waals surface area contributed by atoms with Crippen molar-refractivity contribution >= 4 is 5.97 Å². The molecule has 3 heteroatoms. The van der Waals surface area contributed by atoms with Crippen LogP contribution in [0.1, 0.15) is 20.8 Å². The van der Waals surface area contributed by atoms with Crippen molar-refractivity contribution < 1.29 is 14.6 Å². The van der Waals surface area contributed by atoms with Crippen LogP contribution in [0.25, 0.3) is 0 Å². The second-order valence-electron chi connectivity index (χ2n) is 3.53. The lowest BCUT2D eigenvalue weighted by Gasteiger charge is -2.16. The van der Waals surface area contributed by atoms with Crippen molar-refractivity contribution in [2.75, 3.05) is 6.61 Å². The Morgan fingerprint density at radius 3 is 2.50 bits per heavy atom. The SMILES string of the molecule is C#C[C@@H](O)COC(=O)C(C)(C)C. The van der Waals surface area contributed by atoms with Crippen molar-refractivity contribution in [3.63, 3.8) is 0 Å². The standard InChI is InChI=1S/C9H14O3/c1-5-7(10)6-12-8(11)9(2,3)4/h1,7,10H,6H2,2-4H3/t7-/m1/s1. The van der Waals surface area contributed by atoms with E-state index in [1.165, 1.54) is 0 Å². The first-order valence-corrected chi connectivity index (χ1v) is 3.69. The fourth-order valence-electron chi connectivity index (χ4n) is 0.419. The lowest BCUT2D eigenvalue weighted by molar-refractivity contribution is -0.154. The largest absolute Gasteiger partial charge is 0.461 e. The summed E-state index contributed by atoms with van der Waals surface area (Å²) in [6.07, 6.45) is 3.87. The predicted molar refractivity (Wildman–Crippen MR) is 45.3 cm³/mol. The highest BCUT2D eigenvalue weighted by atomic mass is 16.5. The van der Waals surface area contributed by atoms with Crippen molar-refractivity contribution in [3.8, 4) is 12.3 Å². The number of carbonyl (C=O) groups excluding carboxylic acids is 1. The quantitative estimate of drug-likeness (QED) is 0.487. The van der Waals surface area contributed by atoms with Crippen LogP contribution in [0, 0.1) is 17.8 Å². The average Bonchev–Trinajstić information content (AvgIpc) is 1.97. The van der Waals surface area contributed by atoms with Crippen molar-refractivity contribution in [1.29, 1.82) is 0 Å². The lowest BCUT2D eigenvalue weighted by atomic mass is 9.97. The smallest absolute Gasteiger partial charge is 0.311 e. The van der Waals surface area contributed by atoms with E-state index >= 15 is 0 Å². The van der Waals surface area contributed by atoms with Crippen LogP contribution in [0.2, 0.25) is 0 Å². The van der Waals surface area contributed by atoms with Gasteiger partial charge in [-0.2, -0.15) is 0 Å². The van der Waals surface area contributed by atoms with Crippen LogP contribution in [-0.2, 0) is 9.53 Å². The van der Waals surface area contributed by atoms with Gasteiger partial charge in [0.2, 0.25) is 0 Å². The number of aliphatic hydroxyl groups is 1. The zero-order chi connectivity index (χ0) is 9.78. The Bertz CT molecular complexity index is 195. The molecule has 0 radical (unpaired) electrons. The fourth-order valence-corrected chi connectivity index (χ4v) is 0.419. The molecule has 0 fully saturated rings. The molecule has 0 aliphatic carbocycles. The predicted octanol–water partition coefficient (Wildman–Crippen LogP) is 0.570. The maximum Gasteiger partial charge on any atom is 0.311 e. The van der Waals surface area contributed by atoms with Gasteiger partial charge >= 0.3 is 5.97 Å². The van der Waals surface area contributed by atoms with Gasteiger partial charge in [0, 0.05) is 0 Å². The molecule has 0 heterocycles. The Morgan fingerprint density at radius 1 is 1.67 bits per heavy atom. The first kappa shape index (κ1) is 11.0. The molecule has 12 heavy (non-hydrogen) atoms. The molecule has 0 aliphatic rings. The van der Waals surface area contributed by atoms with Crippen LogP contribution >= 0.6 is 0 Å². The second kappa shape index (κ2) is 4.13. The van der Waals surface area contributed by atoms with Crippen molar-refractivity contribution in [1.82, 2.24) is 0 Å². The number of esters is 1. The zero-order valence-electron chi connectivity index (χ0n) is 7.63. The highest BCUT2D eigenvalue weighted by Crippen LogP contribution is 2.14. The van der Waals surface area contributed by atoms with E-state index in [1.807, 2.05) is 0 Å². The average molecular weight is 170 g/mol. The minimum absolute atomic E-state index is 0.132. The number of terminal acetylenes is 1. The van der Waals surface area contributed by atoms with E-state index in [1.54, 1.807) is 20.8 Å². The maximum absolute atomic E-state index is 11.1. The third-order valence-corrected chi connectivity index (χ3v) is 1.18. The van der Waals surface area contributed by atoms with Crippen LogP contribution in [0.5, 0.6) is 0 Å². The highest BCUT2D eigenvalue weighted by molar-refractivity contribution is 5.75. The maximum atomic E-state index is 11.1. The van der Waals surface area contributed by atoms with Gasteiger partial charge < -0.3 is 9.84 Å². The summed E-state index contributed by atoms with van der Waals surface area (Å²) >= 11 is 0. The molecule has 0 saturated heterocycles. The van der Waals surface area contributed by atoms with E-state index in [4.69, 9.17) is 16.3 Å². The topological polar surface area (TPSA) is 46.5 Å². The summed E-state index contributed by atoms with van der Waals surface area (Å²) in [4.78, 5) is 11.1. The van der Waals surface area contributed by atoms with Gasteiger partial charge in [0.15, 0.2) is 0 Å². The van der Waals surface area contributed by atoms with Gasteiger partial charge in [-0.05, 0) is 20.8 Å². The van der Waals surface area contributed by atoms with Crippen LogP contribution in [0.4, 0.5) is 0 Å². The molecule has 0 unspecified atom stereocenters. The van der Waals surface area contributed by atoms with Crippen LogP contribution in [-0.4, -0.2) is 23.8 Å². The van der Waals surface area contributed by atoms with E-state index in [-0.39, 0.29) is 12.6 Å². The molecule has 0 amide bonds. The summed E-state index contributed by atoms with van der Waals surface area (Å²) in [7, 11) is 0. The Kier molecular flexibility index (Phi) is 3.78. The van der Waals surface area contributed by atoms with Gasteiger partial charge in [0.1, 0.15) is 12.7 Å². The Labute approximate surface area is 72.7 Å². The summed E-state index contributed by atoms with van der Waals surface area (Å²) in [5.41, 5.74) is -0.547. The van der Waals surface area contributed by atoms with Gasteiger partial charge in [0.05, 0.1) is 5.41 Å². The van der Waals surface area contributed by atoms with Gasteiger partial charge in [-0.25, -0.2) is 0 Å². The Morgan fingerprint density at radius 2 is 2.17 bits per heavy atom. The molecule has 68 valence electrons. The monoisotopic (exact) mass is 170 g/mol. The van der Waals surface area contributed by atoms with Crippen molar-refractivity contribution in [2.24, 2.45) is 5.41 Å². The molecule has 0 bridgehead atoms. The van der Waals surface area contributed by atoms with Crippen LogP contribution in [0.15, 0.2) is 0 Å². The van der Waals surface area contributed by atoms with Crippen LogP contribution < -0.4 is 0 Å². The third kappa shape index (κ3) is 3.99. The van der Waals surface area contributed by atoms with Crippen molar-refractivity contribution in [3.05, 3.63) is 0 Å². The highest BCUT2D eigenvalue weighted by Gasteiger charge is 2.23. The third-order valence-electron chi connectivity index (χ3n) is 1.18. The van der Waals surface area contributed by atoms with Gasteiger partial charge in [-0.15, -0.1) is 6.42 Å². The number of ether oxygens (including phenoxy) is 1. The van der Waals surface area contributed by atoms with E-state index < -0.39 is 11.5 Å². The summed E-state index contributed by atoms with van der Waals surface area (Å²) < 4.78 is 4.73. The molecule has 0 aromatic rings. The summed E-state index contributed by atoms with van der Waals surface area (Å²) in [6.45, 7) is 5.07. The minimum atomic E-state index is -1.00. The Hall–Kier alpha value is -1.01. The summed E-state index contributed by atoms with van der Waals surface area (Å²) in [5.74, 6) is 1.69. The fraction of sp³-hybridized carbons (Fsp3) is 0.667. The normalized spacial score (nSPS) is 13.2. The molecule has 0 aromatic carbocycles. The molecule has 1 N–H and O–H groups in total. The molecule has 0 saturated carbocycles. The zero-order valence-corrected chi connectivity index (χ0v) is 7.63. The second-order valence-corrected chi connectivity index (χ2v) is 3.53. The number of hydrogen-bond donors (Lipinski definition) is 1. The van der Waals surface area contributed by atoms with E-state index in [9.17, 15) is 4.79 Å². The van der Waals surface area contributed by atoms with Crippen molar-refractivity contribution in [2.45, 2.75) is 26.9 Å². The summed E-state index contributed by atoms with van der Waals surface area (Å²) in [5, 5.41) is 8.86. The van der Waals surface area contributed by atoms with Gasteiger partial charge in [-0.1, -0.05) is 5.92 Å². The van der Waals surface area contributed by atoms with Gasteiger partial charge in [0.25, 0.3) is 0 Å². The van der Waals surface area contributed by atoms with Gasteiger partial charge in [-0.3, -0.25) is 4.79 Å². The number of rotatable bonds is 2. The number of hydrogen-bond acceptors (Lipinski definition) is 3.